The van der Waals surface area contributed by atoms with Crippen LogP contribution >= 0.6 is 11.8 Å². The summed E-state index contributed by atoms with van der Waals surface area (Å²) in [5, 5.41) is 12.4. The van der Waals surface area contributed by atoms with E-state index in [9.17, 15) is 14.4 Å². The first-order valence-electron chi connectivity index (χ1n) is 8.41. The highest BCUT2D eigenvalue weighted by molar-refractivity contribution is 7.98. The second-order valence-corrected chi connectivity index (χ2v) is 7.09. The average molecular weight is 393 g/mol. The number of amides is 1. The van der Waals surface area contributed by atoms with Crippen molar-refractivity contribution < 1.29 is 23.8 Å². The molecule has 1 atom stereocenters. The lowest BCUT2D eigenvalue weighted by Crippen LogP contribution is -2.42. The number of carboxylic acids is 1. The van der Waals surface area contributed by atoms with E-state index in [0.717, 1.165) is 16.5 Å². The molecule has 1 aromatic heterocycles. The van der Waals surface area contributed by atoms with Gasteiger partial charge in [0.25, 0.3) is 0 Å². The third-order valence-electron chi connectivity index (χ3n) is 4.44. The van der Waals surface area contributed by atoms with E-state index in [4.69, 9.17) is 14.3 Å². The minimum absolute atomic E-state index is 0.00437. The Kier molecular flexibility index (Phi) is 6.90. The highest BCUT2D eigenvalue weighted by atomic mass is 32.2. The number of carboxylic acid groups (broad SMARTS) is 1. The third-order valence-corrected chi connectivity index (χ3v) is 5.11. The van der Waals surface area contributed by atoms with Crippen molar-refractivity contribution in [3.63, 3.8) is 0 Å². The van der Waals surface area contributed by atoms with Gasteiger partial charge >= 0.3 is 11.6 Å². The van der Waals surface area contributed by atoms with Crippen LogP contribution in [0, 0.1) is 13.8 Å². The number of rotatable bonds is 8. The first-order chi connectivity index (χ1) is 12.8. The van der Waals surface area contributed by atoms with Crippen LogP contribution in [0.25, 0.3) is 11.0 Å². The molecule has 0 bridgehead atoms. The van der Waals surface area contributed by atoms with Gasteiger partial charge in [0, 0.05) is 28.7 Å². The fourth-order valence-corrected chi connectivity index (χ4v) is 3.49. The van der Waals surface area contributed by atoms with Crippen LogP contribution in [0.2, 0.25) is 0 Å². The summed E-state index contributed by atoms with van der Waals surface area (Å²) in [4.78, 5) is 35.6. The van der Waals surface area contributed by atoms with Crippen molar-refractivity contribution in [3.05, 3.63) is 39.2 Å². The van der Waals surface area contributed by atoms with Crippen LogP contribution in [-0.4, -0.2) is 42.1 Å². The molecule has 0 fully saturated rings. The van der Waals surface area contributed by atoms with E-state index in [-0.39, 0.29) is 18.6 Å². The monoisotopic (exact) mass is 393 g/mol. The number of carbonyl (C=O) groups is 2. The van der Waals surface area contributed by atoms with E-state index in [1.807, 2.05) is 19.9 Å². The number of benzene rings is 1. The van der Waals surface area contributed by atoms with Gasteiger partial charge in [0.1, 0.15) is 17.4 Å². The van der Waals surface area contributed by atoms with Crippen LogP contribution in [0.15, 0.2) is 21.3 Å². The summed E-state index contributed by atoms with van der Waals surface area (Å²) >= 11 is 1.33. The van der Waals surface area contributed by atoms with E-state index < -0.39 is 23.5 Å². The molecular formula is C19H23NO6S. The molecule has 0 spiro atoms. The van der Waals surface area contributed by atoms with E-state index >= 15 is 0 Å². The molecule has 7 nitrogen and oxygen atoms in total. The summed E-state index contributed by atoms with van der Waals surface area (Å²) in [6, 6.07) is 2.68. The van der Waals surface area contributed by atoms with Crippen molar-refractivity contribution in [2.24, 2.45) is 0 Å². The molecule has 1 unspecified atom stereocenters. The first-order valence-corrected chi connectivity index (χ1v) is 9.80. The molecule has 146 valence electrons. The summed E-state index contributed by atoms with van der Waals surface area (Å²) in [6.45, 7) is 3.63. The fraction of sp³-hybridized carbons (Fsp3) is 0.421. The van der Waals surface area contributed by atoms with Crippen molar-refractivity contribution in [3.8, 4) is 5.75 Å². The Morgan fingerprint density at radius 3 is 2.59 bits per heavy atom. The van der Waals surface area contributed by atoms with Gasteiger partial charge in [-0.2, -0.15) is 11.8 Å². The van der Waals surface area contributed by atoms with Crippen LogP contribution < -0.4 is 15.7 Å². The quantitative estimate of drug-likeness (QED) is 0.663. The minimum atomic E-state index is -1.08. The topological polar surface area (TPSA) is 106 Å². The maximum absolute atomic E-state index is 12.4. The molecule has 2 N–H and O–H groups in total. The molecule has 0 aliphatic heterocycles. The fourth-order valence-electron chi connectivity index (χ4n) is 2.93. The van der Waals surface area contributed by atoms with Gasteiger partial charge in [0.15, 0.2) is 0 Å². The van der Waals surface area contributed by atoms with Gasteiger partial charge in [0.2, 0.25) is 5.91 Å². The third kappa shape index (κ3) is 4.63. The highest BCUT2D eigenvalue weighted by Gasteiger charge is 2.20. The molecule has 1 amide bonds. The Morgan fingerprint density at radius 2 is 2.00 bits per heavy atom. The van der Waals surface area contributed by atoms with Crippen molar-refractivity contribution in [2.75, 3.05) is 19.1 Å². The standard InChI is InChI=1S/C19H23NO6S/c1-10-12-5-7-15(25-3)11(2)17(12)26-19(24)13(10)6-8-16(21)20-14(9-27-4)18(22)23/h5,7,14H,6,8-9H2,1-4H3,(H,20,21)(H,22,23). The SMILES string of the molecule is COc1ccc2c(C)c(CCC(=O)NC(CSC)C(=O)O)c(=O)oc2c1C. The number of hydrogen-bond acceptors (Lipinski definition) is 6. The van der Waals surface area contributed by atoms with Gasteiger partial charge in [0.05, 0.1) is 7.11 Å². The molecule has 8 heteroatoms. The van der Waals surface area contributed by atoms with Gasteiger partial charge in [-0.15, -0.1) is 0 Å². The van der Waals surface area contributed by atoms with Crippen molar-refractivity contribution in [1.82, 2.24) is 5.32 Å². The van der Waals surface area contributed by atoms with Gasteiger partial charge in [-0.3, -0.25) is 4.79 Å². The van der Waals surface area contributed by atoms with Crippen molar-refractivity contribution in [2.45, 2.75) is 32.7 Å². The summed E-state index contributed by atoms with van der Waals surface area (Å²) in [7, 11) is 1.55. The van der Waals surface area contributed by atoms with Crippen LogP contribution in [0.4, 0.5) is 0 Å². The molecule has 27 heavy (non-hydrogen) atoms. The zero-order valence-electron chi connectivity index (χ0n) is 15.8. The Hall–Kier alpha value is -2.48. The number of carbonyl (C=O) groups excluding carboxylic acids is 1. The Morgan fingerprint density at radius 1 is 1.30 bits per heavy atom. The maximum Gasteiger partial charge on any atom is 0.339 e. The van der Waals surface area contributed by atoms with E-state index in [1.165, 1.54) is 11.8 Å². The summed E-state index contributed by atoms with van der Waals surface area (Å²) in [6.07, 6.45) is 1.94. The molecule has 0 saturated heterocycles. The predicted molar refractivity (Wildman–Crippen MR) is 105 cm³/mol. The molecule has 1 aromatic carbocycles. The van der Waals surface area contributed by atoms with Crippen LogP contribution in [0.1, 0.15) is 23.1 Å². The average Bonchev–Trinajstić information content (AvgIpc) is 2.62. The summed E-state index contributed by atoms with van der Waals surface area (Å²) < 4.78 is 10.7. The molecule has 2 rings (SSSR count). The molecule has 2 aromatic rings. The van der Waals surface area contributed by atoms with Crippen LogP contribution in [0.3, 0.4) is 0 Å². The normalized spacial score (nSPS) is 12.0. The number of nitrogens with one attached hydrogen (secondary N) is 1. The Bertz CT molecular complexity index is 921. The van der Waals surface area contributed by atoms with E-state index in [1.54, 1.807) is 19.4 Å². The predicted octanol–water partition coefficient (Wildman–Crippen LogP) is 2.28. The zero-order chi connectivity index (χ0) is 20.1. The smallest absolute Gasteiger partial charge is 0.339 e. The molecule has 1 heterocycles. The maximum atomic E-state index is 12.4. The number of methoxy groups -OCH3 is 1. The molecule has 0 saturated carbocycles. The molecule has 0 aliphatic rings. The number of hydrogen-bond donors (Lipinski definition) is 2. The minimum Gasteiger partial charge on any atom is -0.496 e. The van der Waals surface area contributed by atoms with E-state index in [2.05, 4.69) is 5.32 Å². The van der Waals surface area contributed by atoms with Gasteiger partial charge in [-0.05, 0) is 44.2 Å². The lowest BCUT2D eigenvalue weighted by atomic mass is 10.00. The van der Waals surface area contributed by atoms with Crippen molar-refractivity contribution in [1.29, 1.82) is 0 Å². The second-order valence-electron chi connectivity index (χ2n) is 6.18. The van der Waals surface area contributed by atoms with Gasteiger partial charge in [-0.1, -0.05) is 0 Å². The molecule has 0 aliphatic carbocycles. The second kappa shape index (κ2) is 8.94. The summed E-state index contributed by atoms with van der Waals surface area (Å²) in [5.74, 6) is -0.588. The Labute approximate surface area is 161 Å². The van der Waals surface area contributed by atoms with Gasteiger partial charge < -0.3 is 19.6 Å². The number of fused-ring (bicyclic) bond motifs is 1. The van der Waals surface area contributed by atoms with E-state index in [0.29, 0.717) is 16.9 Å². The molecular weight excluding hydrogens is 370 g/mol. The first kappa shape index (κ1) is 20.8. The number of ether oxygens (including phenoxy) is 1. The van der Waals surface area contributed by atoms with Gasteiger partial charge in [-0.25, -0.2) is 9.59 Å². The van der Waals surface area contributed by atoms with Crippen LogP contribution in [-0.2, 0) is 16.0 Å². The molecule has 0 radical (unpaired) electrons. The largest absolute Gasteiger partial charge is 0.496 e. The lowest BCUT2D eigenvalue weighted by Gasteiger charge is -2.14. The Balaban J connectivity index is 2.23. The summed E-state index contributed by atoms with van der Waals surface area (Å²) in [5.41, 5.74) is 1.87. The van der Waals surface area contributed by atoms with Crippen molar-refractivity contribution >= 4 is 34.6 Å². The van der Waals surface area contributed by atoms with Crippen LogP contribution in [0.5, 0.6) is 5.75 Å². The number of thioether (sulfide) groups is 1. The lowest BCUT2D eigenvalue weighted by molar-refractivity contribution is -0.141. The highest BCUT2D eigenvalue weighted by Crippen LogP contribution is 2.29. The zero-order valence-corrected chi connectivity index (χ0v) is 16.6. The number of aryl methyl sites for hydroxylation is 2. The number of aliphatic carboxylic acids is 1.